The van der Waals surface area contributed by atoms with E-state index in [-0.39, 0.29) is 5.91 Å². The van der Waals surface area contributed by atoms with Crippen LogP contribution in [0.25, 0.3) is 0 Å². The van der Waals surface area contributed by atoms with E-state index in [0.717, 1.165) is 10.0 Å². The minimum atomic E-state index is -0.241. The first-order valence-corrected chi connectivity index (χ1v) is 6.63. The summed E-state index contributed by atoms with van der Waals surface area (Å²) in [6.45, 7) is 1.80. The van der Waals surface area contributed by atoms with Crippen molar-refractivity contribution in [3.63, 3.8) is 0 Å². The lowest BCUT2D eigenvalue weighted by atomic mass is 10.1. The Morgan fingerprint density at radius 2 is 2.16 bits per heavy atom. The van der Waals surface area contributed by atoms with Crippen molar-refractivity contribution in [2.45, 2.75) is 6.92 Å². The molecule has 0 saturated carbocycles. The molecule has 1 aromatic heterocycles. The van der Waals surface area contributed by atoms with Gasteiger partial charge >= 0.3 is 0 Å². The van der Waals surface area contributed by atoms with Crippen molar-refractivity contribution in [2.75, 3.05) is 11.1 Å². The van der Waals surface area contributed by atoms with E-state index >= 15 is 0 Å². The molecule has 0 aliphatic carbocycles. The van der Waals surface area contributed by atoms with Crippen LogP contribution in [0.3, 0.4) is 0 Å². The Bertz CT molecular complexity index is 629. The van der Waals surface area contributed by atoms with Crippen LogP contribution in [0.2, 0.25) is 5.15 Å². The van der Waals surface area contributed by atoms with Crippen molar-refractivity contribution in [3.05, 3.63) is 51.2 Å². The molecule has 19 heavy (non-hydrogen) atoms. The Hall–Kier alpha value is -1.59. The van der Waals surface area contributed by atoms with Crippen LogP contribution in [0.5, 0.6) is 0 Å². The van der Waals surface area contributed by atoms with Crippen molar-refractivity contribution in [1.29, 1.82) is 0 Å². The van der Waals surface area contributed by atoms with Crippen LogP contribution in [0, 0.1) is 6.92 Å². The lowest BCUT2D eigenvalue weighted by Crippen LogP contribution is -2.14. The molecule has 6 heteroatoms. The van der Waals surface area contributed by atoms with Crippen LogP contribution < -0.4 is 11.1 Å². The molecule has 0 fully saturated rings. The fraction of sp³-hybridized carbons (Fsp3) is 0.0769. The van der Waals surface area contributed by atoms with Crippen LogP contribution in [0.15, 0.2) is 34.9 Å². The van der Waals surface area contributed by atoms with Gasteiger partial charge in [0.05, 0.1) is 11.9 Å². The number of halogens is 2. The number of nitrogen functional groups attached to an aromatic ring is 1. The van der Waals surface area contributed by atoms with Gasteiger partial charge in [0.25, 0.3) is 5.91 Å². The van der Waals surface area contributed by atoms with Gasteiger partial charge in [-0.3, -0.25) is 4.79 Å². The van der Waals surface area contributed by atoms with Crippen LogP contribution >= 0.6 is 27.5 Å². The minimum absolute atomic E-state index is 0.241. The number of carbonyl (C=O) groups excluding carboxylic acids is 1. The number of amides is 1. The van der Waals surface area contributed by atoms with E-state index in [2.05, 4.69) is 26.2 Å². The van der Waals surface area contributed by atoms with Gasteiger partial charge in [-0.1, -0.05) is 27.5 Å². The molecule has 3 N–H and O–H groups in total. The van der Waals surface area contributed by atoms with Crippen molar-refractivity contribution < 1.29 is 4.79 Å². The second kappa shape index (κ2) is 5.59. The van der Waals surface area contributed by atoms with Crippen molar-refractivity contribution >= 4 is 44.8 Å². The van der Waals surface area contributed by atoms with E-state index < -0.39 is 0 Å². The average molecular weight is 341 g/mol. The quantitative estimate of drug-likeness (QED) is 0.648. The maximum absolute atomic E-state index is 12.2. The Morgan fingerprint density at radius 3 is 2.79 bits per heavy atom. The molecule has 2 aromatic rings. The Kier molecular flexibility index (Phi) is 4.07. The lowest BCUT2D eigenvalue weighted by Gasteiger charge is -2.10. The largest absolute Gasteiger partial charge is 0.398 e. The topological polar surface area (TPSA) is 68.0 Å². The first-order chi connectivity index (χ1) is 8.97. The Morgan fingerprint density at radius 1 is 1.42 bits per heavy atom. The molecule has 4 nitrogen and oxygen atoms in total. The van der Waals surface area contributed by atoms with Crippen molar-refractivity contribution in [3.8, 4) is 0 Å². The zero-order valence-corrected chi connectivity index (χ0v) is 12.4. The second-order valence-electron chi connectivity index (χ2n) is 3.99. The molecular formula is C13H11BrClN3O. The number of rotatable bonds is 2. The number of anilines is 2. The monoisotopic (exact) mass is 339 g/mol. The number of aromatic nitrogens is 1. The molecule has 1 heterocycles. The number of hydrogen-bond acceptors (Lipinski definition) is 3. The van der Waals surface area contributed by atoms with Gasteiger partial charge in [0, 0.05) is 15.7 Å². The SMILES string of the molecule is Cc1c(N)cc(Br)cc1C(=O)Nc1ccc(Cl)nc1. The molecule has 0 spiro atoms. The fourth-order valence-corrected chi connectivity index (χ4v) is 2.17. The molecular weight excluding hydrogens is 330 g/mol. The van der Waals surface area contributed by atoms with Crippen LogP contribution in [-0.4, -0.2) is 10.9 Å². The van der Waals surface area contributed by atoms with Crippen LogP contribution in [0.1, 0.15) is 15.9 Å². The Balaban J connectivity index is 2.27. The highest BCUT2D eigenvalue weighted by atomic mass is 79.9. The van der Waals surface area contributed by atoms with Gasteiger partial charge in [-0.05, 0) is 36.8 Å². The number of carbonyl (C=O) groups is 1. The highest BCUT2D eigenvalue weighted by Crippen LogP contribution is 2.23. The summed E-state index contributed by atoms with van der Waals surface area (Å²) in [5.41, 5.74) is 8.23. The molecule has 2 rings (SSSR count). The standard InChI is InChI=1S/C13H11BrClN3O/c1-7-10(4-8(14)5-11(7)16)13(19)18-9-2-3-12(15)17-6-9/h2-6H,16H2,1H3,(H,18,19). The van der Waals surface area contributed by atoms with E-state index in [9.17, 15) is 4.79 Å². The highest BCUT2D eigenvalue weighted by Gasteiger charge is 2.12. The first kappa shape index (κ1) is 13.8. The summed E-state index contributed by atoms with van der Waals surface area (Å²) in [5, 5.41) is 3.12. The maximum Gasteiger partial charge on any atom is 0.256 e. The summed E-state index contributed by atoms with van der Waals surface area (Å²) in [6, 6.07) is 6.78. The number of benzene rings is 1. The van der Waals surface area contributed by atoms with E-state index in [4.69, 9.17) is 17.3 Å². The molecule has 0 aliphatic heterocycles. The number of nitrogens with one attached hydrogen (secondary N) is 1. The third-order valence-corrected chi connectivity index (χ3v) is 3.32. The summed E-state index contributed by atoms with van der Waals surface area (Å²) in [7, 11) is 0. The molecule has 0 radical (unpaired) electrons. The molecule has 0 aliphatic rings. The second-order valence-corrected chi connectivity index (χ2v) is 5.29. The summed E-state index contributed by atoms with van der Waals surface area (Å²) in [6.07, 6.45) is 1.50. The summed E-state index contributed by atoms with van der Waals surface area (Å²) < 4.78 is 0.759. The molecule has 0 bridgehead atoms. The number of pyridine rings is 1. The van der Waals surface area contributed by atoms with Crippen LogP contribution in [0.4, 0.5) is 11.4 Å². The normalized spacial score (nSPS) is 10.3. The predicted octanol–water partition coefficient (Wildman–Crippen LogP) is 3.64. The zero-order chi connectivity index (χ0) is 14.0. The molecule has 98 valence electrons. The average Bonchev–Trinajstić information content (AvgIpc) is 2.36. The van der Waals surface area contributed by atoms with E-state index in [1.807, 2.05) is 0 Å². The summed E-state index contributed by atoms with van der Waals surface area (Å²) in [4.78, 5) is 16.1. The van der Waals surface area contributed by atoms with Gasteiger partial charge in [-0.15, -0.1) is 0 Å². The molecule has 1 amide bonds. The van der Waals surface area contributed by atoms with E-state index in [1.54, 1.807) is 31.2 Å². The predicted molar refractivity (Wildman–Crippen MR) is 80.5 cm³/mol. The molecule has 0 unspecified atom stereocenters. The number of nitrogens with zero attached hydrogens (tertiary/aromatic N) is 1. The third-order valence-electron chi connectivity index (χ3n) is 2.64. The van der Waals surface area contributed by atoms with Gasteiger partial charge in [0.15, 0.2) is 0 Å². The number of hydrogen-bond donors (Lipinski definition) is 2. The maximum atomic E-state index is 12.2. The van der Waals surface area contributed by atoms with Gasteiger partial charge in [0.1, 0.15) is 5.15 Å². The summed E-state index contributed by atoms with van der Waals surface area (Å²) >= 11 is 9.01. The Labute approximate surface area is 124 Å². The first-order valence-electron chi connectivity index (χ1n) is 5.46. The molecule has 1 aromatic carbocycles. The van der Waals surface area contributed by atoms with Gasteiger partial charge in [-0.2, -0.15) is 0 Å². The van der Waals surface area contributed by atoms with E-state index in [1.165, 1.54) is 6.20 Å². The fourth-order valence-electron chi connectivity index (χ4n) is 1.58. The van der Waals surface area contributed by atoms with Crippen LogP contribution in [-0.2, 0) is 0 Å². The van der Waals surface area contributed by atoms with Gasteiger partial charge in [-0.25, -0.2) is 4.98 Å². The van der Waals surface area contributed by atoms with Gasteiger partial charge < -0.3 is 11.1 Å². The molecule has 0 atom stereocenters. The highest BCUT2D eigenvalue weighted by molar-refractivity contribution is 9.10. The minimum Gasteiger partial charge on any atom is -0.398 e. The molecule has 0 saturated heterocycles. The van der Waals surface area contributed by atoms with Crippen molar-refractivity contribution in [1.82, 2.24) is 4.98 Å². The third kappa shape index (κ3) is 3.24. The zero-order valence-electron chi connectivity index (χ0n) is 10.1. The number of nitrogens with two attached hydrogens (primary N) is 1. The lowest BCUT2D eigenvalue weighted by molar-refractivity contribution is 0.102. The van der Waals surface area contributed by atoms with Gasteiger partial charge in [0.2, 0.25) is 0 Å². The van der Waals surface area contributed by atoms with E-state index in [0.29, 0.717) is 22.1 Å². The smallest absolute Gasteiger partial charge is 0.256 e. The van der Waals surface area contributed by atoms with Crippen molar-refractivity contribution in [2.24, 2.45) is 0 Å². The summed E-state index contributed by atoms with van der Waals surface area (Å²) in [5.74, 6) is -0.241.